The van der Waals surface area contributed by atoms with Gasteiger partial charge in [-0.1, -0.05) is 36.4 Å². The molecule has 0 bridgehead atoms. The average molecular weight is 336 g/mol. The number of carbonyl (C=O) groups is 2. The van der Waals surface area contributed by atoms with Gasteiger partial charge in [0.15, 0.2) is 0 Å². The molecular weight excluding hydrogens is 312 g/mol. The quantitative estimate of drug-likeness (QED) is 0.433. The SMILES string of the molecule is NCCN.NCCNc1cccc2ccccc12.O=C(O)C(=O)O. The van der Waals surface area contributed by atoms with Crippen molar-refractivity contribution in [2.45, 2.75) is 0 Å². The summed E-state index contributed by atoms with van der Waals surface area (Å²) in [4.78, 5) is 18.2. The smallest absolute Gasteiger partial charge is 0.414 e. The first kappa shape index (κ1) is 21.3. The van der Waals surface area contributed by atoms with Crippen molar-refractivity contribution in [2.24, 2.45) is 17.2 Å². The zero-order chi connectivity index (χ0) is 18.4. The van der Waals surface area contributed by atoms with Crippen LogP contribution in [0.4, 0.5) is 5.69 Å². The van der Waals surface area contributed by atoms with Crippen LogP contribution in [0.3, 0.4) is 0 Å². The van der Waals surface area contributed by atoms with Gasteiger partial charge in [0.05, 0.1) is 0 Å². The second kappa shape index (κ2) is 12.8. The Labute approximate surface area is 140 Å². The lowest BCUT2D eigenvalue weighted by atomic mass is 10.1. The standard InChI is InChI=1S/C12H14N2.C2H8N2.C2H2O4/c13-8-9-14-12-7-3-5-10-4-1-2-6-11(10)12;3-1-2-4;3-1(4)2(5)6/h1-7,14H,8-9,13H2;1-4H2;(H,3,4)(H,5,6). The number of nitrogens with one attached hydrogen (secondary N) is 1. The summed E-state index contributed by atoms with van der Waals surface area (Å²) < 4.78 is 0. The molecule has 8 nitrogen and oxygen atoms in total. The second-order valence-corrected chi connectivity index (χ2v) is 4.43. The molecule has 2 rings (SSSR count). The highest BCUT2D eigenvalue weighted by Crippen LogP contribution is 2.22. The Bertz CT molecular complexity index is 615. The summed E-state index contributed by atoms with van der Waals surface area (Å²) in [6.07, 6.45) is 0. The van der Waals surface area contributed by atoms with Gasteiger partial charge in [0.1, 0.15) is 0 Å². The summed E-state index contributed by atoms with van der Waals surface area (Å²) >= 11 is 0. The molecule has 0 amide bonds. The van der Waals surface area contributed by atoms with E-state index in [2.05, 4.69) is 47.8 Å². The average Bonchev–Trinajstić information content (AvgIpc) is 2.60. The van der Waals surface area contributed by atoms with E-state index in [1.807, 2.05) is 0 Å². The Balaban J connectivity index is 0.000000443. The first-order valence-corrected chi connectivity index (χ1v) is 7.26. The zero-order valence-electron chi connectivity index (χ0n) is 13.3. The van der Waals surface area contributed by atoms with E-state index in [9.17, 15) is 0 Å². The Morgan fingerprint density at radius 3 is 1.88 bits per heavy atom. The van der Waals surface area contributed by atoms with Crippen LogP contribution in [-0.4, -0.2) is 48.3 Å². The number of hydrogen-bond acceptors (Lipinski definition) is 6. The Hall–Kier alpha value is -2.68. The molecule has 132 valence electrons. The van der Waals surface area contributed by atoms with Crippen LogP contribution in [0.5, 0.6) is 0 Å². The molecule has 0 aliphatic rings. The van der Waals surface area contributed by atoms with E-state index < -0.39 is 11.9 Å². The van der Waals surface area contributed by atoms with Crippen molar-refractivity contribution in [1.29, 1.82) is 0 Å². The lowest BCUT2D eigenvalue weighted by Gasteiger charge is -2.08. The van der Waals surface area contributed by atoms with E-state index >= 15 is 0 Å². The van der Waals surface area contributed by atoms with Crippen LogP contribution in [0.2, 0.25) is 0 Å². The van der Waals surface area contributed by atoms with Gasteiger partial charge in [-0.05, 0) is 11.5 Å². The maximum Gasteiger partial charge on any atom is 0.414 e. The molecule has 0 saturated carbocycles. The van der Waals surface area contributed by atoms with Gasteiger partial charge in [-0.15, -0.1) is 0 Å². The summed E-state index contributed by atoms with van der Waals surface area (Å²) in [7, 11) is 0. The monoisotopic (exact) mass is 336 g/mol. The number of hydrogen-bond donors (Lipinski definition) is 6. The molecule has 8 heteroatoms. The third-order valence-corrected chi connectivity index (χ3v) is 2.60. The summed E-state index contributed by atoms with van der Waals surface area (Å²) in [6, 6.07) is 14.6. The van der Waals surface area contributed by atoms with Crippen LogP contribution in [0, 0.1) is 0 Å². The minimum Gasteiger partial charge on any atom is -0.473 e. The van der Waals surface area contributed by atoms with Gasteiger partial charge < -0.3 is 32.7 Å². The molecule has 2 aromatic rings. The molecule has 0 saturated heterocycles. The number of benzene rings is 2. The minimum absolute atomic E-state index is 0.597. The highest BCUT2D eigenvalue weighted by atomic mass is 16.4. The van der Waals surface area contributed by atoms with Crippen molar-refractivity contribution in [1.82, 2.24) is 0 Å². The van der Waals surface area contributed by atoms with Crippen molar-refractivity contribution in [3.63, 3.8) is 0 Å². The van der Waals surface area contributed by atoms with Crippen LogP contribution in [0.25, 0.3) is 10.8 Å². The Morgan fingerprint density at radius 2 is 1.38 bits per heavy atom. The number of aliphatic carboxylic acids is 2. The number of carboxylic acid groups (broad SMARTS) is 2. The summed E-state index contributed by atoms with van der Waals surface area (Å²) in [6.45, 7) is 2.66. The van der Waals surface area contributed by atoms with E-state index in [-0.39, 0.29) is 0 Å². The summed E-state index contributed by atoms with van der Waals surface area (Å²) in [5.41, 5.74) is 16.4. The fourth-order valence-electron chi connectivity index (χ4n) is 1.59. The maximum absolute atomic E-state index is 9.10. The molecule has 2 aromatic carbocycles. The van der Waals surface area contributed by atoms with E-state index in [0.29, 0.717) is 19.6 Å². The third-order valence-electron chi connectivity index (χ3n) is 2.60. The number of anilines is 1. The van der Waals surface area contributed by atoms with Gasteiger partial charge in [-0.3, -0.25) is 0 Å². The first-order chi connectivity index (χ1) is 11.5. The van der Waals surface area contributed by atoms with Gasteiger partial charge in [0, 0.05) is 37.3 Å². The van der Waals surface area contributed by atoms with Crippen LogP contribution >= 0.6 is 0 Å². The number of fused-ring (bicyclic) bond motifs is 1. The zero-order valence-corrected chi connectivity index (χ0v) is 13.3. The van der Waals surface area contributed by atoms with E-state index in [0.717, 1.165) is 12.2 Å². The normalized spacial score (nSPS) is 9.12. The third kappa shape index (κ3) is 8.69. The molecular formula is C16H24N4O4. The van der Waals surface area contributed by atoms with E-state index in [4.69, 9.17) is 37.0 Å². The predicted octanol–water partition coefficient (Wildman–Crippen LogP) is 0.270. The number of nitrogens with two attached hydrogens (primary N) is 3. The molecule has 0 heterocycles. The van der Waals surface area contributed by atoms with Crippen LogP contribution < -0.4 is 22.5 Å². The van der Waals surface area contributed by atoms with Crippen molar-refractivity contribution in [3.05, 3.63) is 42.5 Å². The van der Waals surface area contributed by atoms with Gasteiger partial charge in [-0.2, -0.15) is 0 Å². The van der Waals surface area contributed by atoms with Crippen LogP contribution in [0.15, 0.2) is 42.5 Å². The largest absolute Gasteiger partial charge is 0.473 e. The number of rotatable bonds is 4. The van der Waals surface area contributed by atoms with Crippen LogP contribution in [0.1, 0.15) is 0 Å². The topological polar surface area (TPSA) is 165 Å². The lowest BCUT2D eigenvalue weighted by Crippen LogP contribution is -2.13. The molecule has 24 heavy (non-hydrogen) atoms. The molecule has 0 unspecified atom stereocenters. The van der Waals surface area contributed by atoms with Crippen molar-refractivity contribution < 1.29 is 19.8 Å². The summed E-state index contributed by atoms with van der Waals surface area (Å²) in [5, 5.41) is 20.6. The second-order valence-electron chi connectivity index (χ2n) is 4.43. The van der Waals surface area contributed by atoms with E-state index in [1.165, 1.54) is 10.8 Å². The van der Waals surface area contributed by atoms with Crippen LogP contribution in [-0.2, 0) is 9.59 Å². The molecule has 0 aromatic heterocycles. The molecule has 0 aliphatic carbocycles. The Morgan fingerprint density at radius 1 is 0.833 bits per heavy atom. The molecule has 0 spiro atoms. The molecule has 9 N–H and O–H groups in total. The van der Waals surface area contributed by atoms with Gasteiger partial charge in [-0.25, -0.2) is 9.59 Å². The highest BCUT2D eigenvalue weighted by molar-refractivity contribution is 6.27. The molecule has 0 aliphatic heterocycles. The highest BCUT2D eigenvalue weighted by Gasteiger charge is 2.04. The van der Waals surface area contributed by atoms with Gasteiger partial charge in [0.2, 0.25) is 0 Å². The summed E-state index contributed by atoms with van der Waals surface area (Å²) in [5.74, 6) is -3.65. The van der Waals surface area contributed by atoms with Crippen molar-refractivity contribution in [2.75, 3.05) is 31.5 Å². The van der Waals surface area contributed by atoms with Gasteiger partial charge in [0.25, 0.3) is 0 Å². The fourth-order valence-corrected chi connectivity index (χ4v) is 1.59. The lowest BCUT2D eigenvalue weighted by molar-refractivity contribution is -0.159. The molecule has 0 fully saturated rings. The van der Waals surface area contributed by atoms with E-state index in [1.54, 1.807) is 0 Å². The molecule has 0 radical (unpaired) electrons. The van der Waals surface area contributed by atoms with Gasteiger partial charge >= 0.3 is 11.9 Å². The maximum atomic E-state index is 9.10. The fraction of sp³-hybridized carbons (Fsp3) is 0.250. The Kier molecular flexibility index (Phi) is 11.4. The predicted molar refractivity (Wildman–Crippen MR) is 94.9 cm³/mol. The minimum atomic E-state index is -1.82. The number of carboxylic acids is 2. The van der Waals surface area contributed by atoms with Crippen molar-refractivity contribution >= 4 is 28.4 Å². The first-order valence-electron chi connectivity index (χ1n) is 7.26. The molecule has 0 atom stereocenters. The van der Waals surface area contributed by atoms with Crippen molar-refractivity contribution in [3.8, 4) is 0 Å².